The highest BCUT2D eigenvalue weighted by Crippen LogP contribution is 2.30. The molecule has 1 amide bonds. The van der Waals surface area contributed by atoms with E-state index in [4.69, 9.17) is 5.10 Å². The number of aromatic nitrogens is 3. The van der Waals surface area contributed by atoms with Crippen LogP contribution in [0.3, 0.4) is 0 Å². The highest BCUT2D eigenvalue weighted by molar-refractivity contribution is 5.99. The summed E-state index contributed by atoms with van der Waals surface area (Å²) in [4.78, 5) is 22.2. The number of nitrogens with one attached hydrogen (secondary N) is 1. The molecule has 1 saturated heterocycles. The van der Waals surface area contributed by atoms with Crippen molar-refractivity contribution in [3.05, 3.63) is 82.9 Å². The van der Waals surface area contributed by atoms with Gasteiger partial charge in [0.2, 0.25) is 0 Å². The molecule has 0 saturated carbocycles. The van der Waals surface area contributed by atoms with Crippen molar-refractivity contribution in [2.24, 2.45) is 0 Å². The third-order valence-corrected chi connectivity index (χ3v) is 6.82. The van der Waals surface area contributed by atoms with Gasteiger partial charge >= 0.3 is 0 Å². The van der Waals surface area contributed by atoms with Crippen molar-refractivity contribution in [1.82, 2.24) is 29.7 Å². The topological polar surface area (TPSA) is 65.8 Å². The van der Waals surface area contributed by atoms with E-state index in [9.17, 15) is 4.79 Å². The Bertz CT molecular complexity index is 1310. The molecule has 1 N–H and O–H groups in total. The summed E-state index contributed by atoms with van der Waals surface area (Å²) in [7, 11) is 0. The minimum Gasteiger partial charge on any atom is -0.370 e. The van der Waals surface area contributed by atoms with E-state index < -0.39 is 0 Å². The van der Waals surface area contributed by atoms with Crippen LogP contribution in [0.1, 0.15) is 50.7 Å². The molecule has 3 aliphatic rings. The zero-order valence-corrected chi connectivity index (χ0v) is 21.2. The number of hydrogen-bond donors (Lipinski definition) is 1. The monoisotopic (exact) mass is 470 g/mol. The van der Waals surface area contributed by atoms with Crippen molar-refractivity contribution in [3.63, 3.8) is 0 Å². The van der Waals surface area contributed by atoms with Crippen LogP contribution < -0.4 is 5.32 Å². The van der Waals surface area contributed by atoms with E-state index in [1.165, 1.54) is 0 Å². The Morgan fingerprint density at radius 2 is 1.89 bits per heavy atom. The van der Waals surface area contributed by atoms with Crippen LogP contribution in [0.25, 0.3) is 11.1 Å². The number of fused-ring (bicyclic) bond motifs is 2. The molecule has 0 atom stereocenters. The van der Waals surface area contributed by atoms with E-state index in [1.54, 1.807) is 11.0 Å². The lowest BCUT2D eigenvalue weighted by Gasteiger charge is -2.38. The summed E-state index contributed by atoms with van der Waals surface area (Å²) < 4.78 is 1.84. The molecule has 0 bridgehead atoms. The molecule has 0 spiro atoms. The van der Waals surface area contributed by atoms with E-state index >= 15 is 0 Å². The van der Waals surface area contributed by atoms with Gasteiger partial charge in [0, 0.05) is 43.0 Å². The summed E-state index contributed by atoms with van der Waals surface area (Å²) in [5, 5.41) is 8.38. The minimum atomic E-state index is -0.0694. The van der Waals surface area contributed by atoms with Crippen LogP contribution in [0.5, 0.6) is 0 Å². The molecule has 0 aliphatic carbocycles. The standard InChI is InChI=1S/C28H34N6O/c1-18(2)29-23-9-11-32(12-10-23)24-13-19(3)26-8-6-7-22(14-28(35)33(26)17-24)25-15-27-21(5)30-20(4)16-34(27)31-25/h6-8,13-18,23,29H,9-12H2,1-5H3/b7-6+,22-14+,26-8?. The van der Waals surface area contributed by atoms with Gasteiger partial charge in [-0.05, 0) is 57.4 Å². The number of piperidine rings is 1. The molecule has 5 heterocycles. The number of hydrogen-bond acceptors (Lipinski definition) is 5. The molecule has 1 fully saturated rings. The molecule has 0 unspecified atom stereocenters. The van der Waals surface area contributed by atoms with Crippen molar-refractivity contribution >= 4 is 17.0 Å². The predicted molar refractivity (Wildman–Crippen MR) is 139 cm³/mol. The van der Waals surface area contributed by atoms with E-state index in [0.29, 0.717) is 12.1 Å². The van der Waals surface area contributed by atoms with E-state index in [0.717, 1.165) is 71.1 Å². The fourth-order valence-electron chi connectivity index (χ4n) is 5.15. The average Bonchev–Trinajstić information content (AvgIpc) is 3.22. The van der Waals surface area contributed by atoms with Gasteiger partial charge in [-0.15, -0.1) is 0 Å². The molecule has 3 aliphatic heterocycles. The molecule has 5 rings (SSSR count). The van der Waals surface area contributed by atoms with E-state index in [2.05, 4.69) is 42.0 Å². The zero-order chi connectivity index (χ0) is 24.7. The molecule has 182 valence electrons. The first-order valence-corrected chi connectivity index (χ1v) is 12.5. The van der Waals surface area contributed by atoms with Gasteiger partial charge in [0.15, 0.2) is 0 Å². The molecule has 7 nitrogen and oxygen atoms in total. The van der Waals surface area contributed by atoms with Crippen molar-refractivity contribution in [3.8, 4) is 0 Å². The number of amides is 1. The summed E-state index contributed by atoms with van der Waals surface area (Å²) in [6.45, 7) is 12.4. The van der Waals surface area contributed by atoms with Gasteiger partial charge in [-0.3, -0.25) is 14.7 Å². The van der Waals surface area contributed by atoms with Gasteiger partial charge < -0.3 is 10.2 Å². The number of aryl methyl sites for hydroxylation is 2. The van der Waals surface area contributed by atoms with Crippen LogP contribution in [0, 0.1) is 13.8 Å². The predicted octanol–water partition coefficient (Wildman–Crippen LogP) is 4.28. The molecule has 0 aromatic carbocycles. The Labute approximate surface area is 207 Å². The quantitative estimate of drug-likeness (QED) is 0.723. The summed E-state index contributed by atoms with van der Waals surface area (Å²) in [6.07, 6.45) is 16.0. The molecular formula is C28H34N6O. The van der Waals surface area contributed by atoms with Crippen LogP contribution in [-0.4, -0.2) is 55.5 Å². The van der Waals surface area contributed by atoms with Gasteiger partial charge in [-0.25, -0.2) is 4.52 Å². The molecule has 0 radical (unpaired) electrons. The van der Waals surface area contributed by atoms with Crippen LogP contribution in [0.4, 0.5) is 0 Å². The maximum absolute atomic E-state index is 13.5. The van der Waals surface area contributed by atoms with Crippen LogP contribution in [0.15, 0.2) is 65.8 Å². The smallest absolute Gasteiger partial charge is 0.255 e. The van der Waals surface area contributed by atoms with Crippen LogP contribution in [0.2, 0.25) is 0 Å². The average molecular weight is 471 g/mol. The van der Waals surface area contributed by atoms with Gasteiger partial charge in [0.05, 0.1) is 40.2 Å². The second-order valence-corrected chi connectivity index (χ2v) is 10.0. The molecule has 7 heteroatoms. The molecule has 2 aromatic rings. The lowest BCUT2D eigenvalue weighted by atomic mass is 10.0. The van der Waals surface area contributed by atoms with Crippen molar-refractivity contribution in [1.29, 1.82) is 0 Å². The van der Waals surface area contributed by atoms with Crippen molar-refractivity contribution in [2.75, 3.05) is 13.1 Å². The Morgan fingerprint density at radius 1 is 1.11 bits per heavy atom. The maximum Gasteiger partial charge on any atom is 0.255 e. The Hall–Kier alpha value is -3.45. The lowest BCUT2D eigenvalue weighted by Crippen LogP contribution is -2.44. The Kier molecular flexibility index (Phi) is 6.19. The SMILES string of the molecule is CC1=CC(N2CCC(NC(C)C)CC2)=CN2C(=O)/C=C(c3cc4c(C)nc(C)cn4n3)\C=C\C=C12. The number of allylic oxidation sites excluding steroid dienone is 6. The zero-order valence-electron chi connectivity index (χ0n) is 21.2. The second-order valence-electron chi connectivity index (χ2n) is 10.0. The van der Waals surface area contributed by atoms with E-state index in [1.807, 2.05) is 55.1 Å². The summed E-state index contributed by atoms with van der Waals surface area (Å²) in [5.41, 5.74) is 7.42. The van der Waals surface area contributed by atoms with Crippen LogP contribution in [-0.2, 0) is 4.79 Å². The summed E-state index contributed by atoms with van der Waals surface area (Å²) in [6, 6.07) is 3.05. The highest BCUT2D eigenvalue weighted by atomic mass is 16.2. The van der Waals surface area contributed by atoms with E-state index in [-0.39, 0.29) is 5.91 Å². The first kappa shape index (κ1) is 23.3. The largest absolute Gasteiger partial charge is 0.370 e. The summed E-state index contributed by atoms with van der Waals surface area (Å²) in [5.74, 6) is -0.0694. The number of rotatable bonds is 4. The Morgan fingerprint density at radius 3 is 2.63 bits per heavy atom. The molecule has 35 heavy (non-hydrogen) atoms. The fourth-order valence-corrected chi connectivity index (χ4v) is 5.15. The normalized spacial score (nSPS) is 21.7. The summed E-state index contributed by atoms with van der Waals surface area (Å²) >= 11 is 0. The van der Waals surface area contributed by atoms with Gasteiger partial charge in [-0.1, -0.05) is 26.0 Å². The third-order valence-electron chi connectivity index (χ3n) is 6.82. The number of carbonyl (C=O) groups excluding carboxylic acids is 1. The van der Waals surface area contributed by atoms with Gasteiger partial charge in [0.25, 0.3) is 5.91 Å². The lowest BCUT2D eigenvalue weighted by molar-refractivity contribution is -0.122. The van der Waals surface area contributed by atoms with Gasteiger partial charge in [-0.2, -0.15) is 5.10 Å². The third kappa shape index (κ3) is 4.73. The maximum atomic E-state index is 13.5. The Balaban J connectivity index is 1.42. The number of nitrogens with zero attached hydrogens (tertiary/aromatic N) is 5. The van der Waals surface area contributed by atoms with Crippen LogP contribution >= 0.6 is 0 Å². The van der Waals surface area contributed by atoms with Gasteiger partial charge in [0.1, 0.15) is 0 Å². The van der Waals surface area contributed by atoms with Crippen molar-refractivity contribution < 1.29 is 4.79 Å². The first-order chi connectivity index (χ1) is 16.8. The van der Waals surface area contributed by atoms with Crippen molar-refractivity contribution in [2.45, 2.75) is 59.5 Å². The highest BCUT2D eigenvalue weighted by Gasteiger charge is 2.26. The number of carbonyl (C=O) groups is 1. The minimum absolute atomic E-state index is 0.0694. The fraction of sp³-hybridized carbons (Fsp3) is 0.393. The second kappa shape index (κ2) is 9.30. The number of likely N-dealkylation sites (tertiary alicyclic amines) is 1. The molecule has 2 aromatic heterocycles. The molecular weight excluding hydrogens is 436 g/mol. The first-order valence-electron chi connectivity index (χ1n) is 12.5.